The minimum Gasteiger partial charge on any atom is -0.0889 e. The normalized spacial score (nSPS) is 10.1. The summed E-state index contributed by atoms with van der Waals surface area (Å²) in [7, 11) is 0. The first-order chi connectivity index (χ1) is 6.86. The van der Waals surface area contributed by atoms with Gasteiger partial charge in [-0.1, -0.05) is 42.1 Å². The zero-order valence-corrected chi connectivity index (χ0v) is 9.88. The lowest BCUT2D eigenvalue weighted by Gasteiger charge is -2.02. The molecule has 0 fully saturated rings. The highest BCUT2D eigenvalue weighted by Gasteiger charge is 1.99. The van der Waals surface area contributed by atoms with Crippen LogP contribution in [0, 0.1) is 0 Å². The van der Waals surface area contributed by atoms with Gasteiger partial charge in [-0.3, -0.25) is 0 Å². The number of hydrogen-bond acceptors (Lipinski definition) is 1. The van der Waals surface area contributed by atoms with Gasteiger partial charge in [0, 0.05) is 14.3 Å². The molecule has 2 rings (SSSR count). The molecular weight excluding hydrogens is 256 g/mol. The summed E-state index contributed by atoms with van der Waals surface area (Å²) < 4.78 is 1.15. The first-order valence-corrected chi connectivity index (χ1v) is 5.94. The summed E-state index contributed by atoms with van der Waals surface area (Å²) in [6.45, 7) is 0. The summed E-state index contributed by atoms with van der Waals surface area (Å²) in [5, 5.41) is 0. The van der Waals surface area contributed by atoms with E-state index in [2.05, 4.69) is 58.4 Å². The van der Waals surface area contributed by atoms with E-state index in [-0.39, 0.29) is 0 Å². The molecular formula is C12H9BrS. The second kappa shape index (κ2) is 4.67. The van der Waals surface area contributed by atoms with Gasteiger partial charge >= 0.3 is 0 Å². The van der Waals surface area contributed by atoms with Crippen LogP contribution in [0.15, 0.2) is 68.9 Å². The Labute approximate surface area is 96.5 Å². The van der Waals surface area contributed by atoms with Crippen LogP contribution in [0.3, 0.4) is 0 Å². The largest absolute Gasteiger partial charge is 0.0889 e. The number of hydrogen-bond donors (Lipinski definition) is 0. The summed E-state index contributed by atoms with van der Waals surface area (Å²) in [5.74, 6) is 0. The zero-order valence-electron chi connectivity index (χ0n) is 7.48. The highest BCUT2D eigenvalue weighted by Crippen LogP contribution is 2.32. The molecule has 0 aliphatic rings. The minimum absolute atomic E-state index is 1.15. The van der Waals surface area contributed by atoms with Crippen molar-refractivity contribution in [3.63, 3.8) is 0 Å². The fraction of sp³-hybridized carbons (Fsp3) is 0. The lowest BCUT2D eigenvalue weighted by atomic mass is 10.4. The van der Waals surface area contributed by atoms with Crippen molar-refractivity contribution in [2.45, 2.75) is 9.79 Å². The summed E-state index contributed by atoms with van der Waals surface area (Å²) in [4.78, 5) is 2.51. The van der Waals surface area contributed by atoms with Crippen molar-refractivity contribution in [2.24, 2.45) is 0 Å². The lowest BCUT2D eigenvalue weighted by Crippen LogP contribution is -1.74. The van der Waals surface area contributed by atoms with Gasteiger partial charge in [-0.05, 0) is 40.2 Å². The molecule has 0 amide bonds. The molecule has 0 nitrogen and oxygen atoms in total. The molecule has 70 valence electrons. The smallest absolute Gasteiger partial charge is 0.0314 e. The molecule has 0 saturated carbocycles. The first-order valence-electron chi connectivity index (χ1n) is 4.34. The molecule has 0 N–H and O–H groups in total. The SMILES string of the molecule is Brc1ccccc1Sc1ccccc1. The van der Waals surface area contributed by atoms with Crippen molar-refractivity contribution in [2.75, 3.05) is 0 Å². The molecule has 14 heavy (non-hydrogen) atoms. The third-order valence-corrected chi connectivity index (χ3v) is 3.85. The van der Waals surface area contributed by atoms with Gasteiger partial charge in [0.1, 0.15) is 0 Å². The van der Waals surface area contributed by atoms with Crippen molar-refractivity contribution < 1.29 is 0 Å². The van der Waals surface area contributed by atoms with E-state index in [9.17, 15) is 0 Å². The summed E-state index contributed by atoms with van der Waals surface area (Å²) in [6.07, 6.45) is 0. The van der Waals surface area contributed by atoms with Crippen LogP contribution in [-0.4, -0.2) is 0 Å². The Hall–Kier alpha value is -0.730. The van der Waals surface area contributed by atoms with Gasteiger partial charge in [-0.25, -0.2) is 0 Å². The zero-order chi connectivity index (χ0) is 9.80. The van der Waals surface area contributed by atoms with Crippen LogP contribution in [0.1, 0.15) is 0 Å². The van der Waals surface area contributed by atoms with E-state index >= 15 is 0 Å². The van der Waals surface area contributed by atoms with E-state index < -0.39 is 0 Å². The van der Waals surface area contributed by atoms with Gasteiger partial charge in [0.15, 0.2) is 0 Å². The van der Waals surface area contributed by atoms with Crippen molar-refractivity contribution in [3.05, 3.63) is 59.1 Å². The maximum absolute atomic E-state index is 3.53. The van der Waals surface area contributed by atoms with Crippen molar-refractivity contribution in [1.82, 2.24) is 0 Å². The number of benzene rings is 2. The van der Waals surface area contributed by atoms with Crippen LogP contribution in [0.2, 0.25) is 0 Å². The molecule has 0 aliphatic carbocycles. The Morgan fingerprint density at radius 1 is 0.786 bits per heavy atom. The van der Waals surface area contributed by atoms with E-state index in [1.54, 1.807) is 11.8 Å². The van der Waals surface area contributed by atoms with Gasteiger partial charge in [-0.15, -0.1) is 0 Å². The van der Waals surface area contributed by atoms with Crippen molar-refractivity contribution >= 4 is 27.7 Å². The summed E-state index contributed by atoms with van der Waals surface area (Å²) in [5.41, 5.74) is 0. The average molecular weight is 265 g/mol. The van der Waals surface area contributed by atoms with Crippen LogP contribution in [0.25, 0.3) is 0 Å². The van der Waals surface area contributed by atoms with Crippen molar-refractivity contribution in [3.8, 4) is 0 Å². The third kappa shape index (κ3) is 2.40. The van der Waals surface area contributed by atoms with Gasteiger partial charge in [0.25, 0.3) is 0 Å². The summed E-state index contributed by atoms with van der Waals surface area (Å²) >= 11 is 5.30. The fourth-order valence-electron chi connectivity index (χ4n) is 1.14. The topological polar surface area (TPSA) is 0 Å². The van der Waals surface area contributed by atoms with Crippen LogP contribution >= 0.6 is 27.7 Å². The average Bonchev–Trinajstić information content (AvgIpc) is 2.23. The predicted molar refractivity (Wildman–Crippen MR) is 64.7 cm³/mol. The number of halogens is 1. The molecule has 0 radical (unpaired) electrons. The Balaban J connectivity index is 2.24. The highest BCUT2D eigenvalue weighted by molar-refractivity contribution is 9.10. The van der Waals surface area contributed by atoms with E-state index in [4.69, 9.17) is 0 Å². The highest BCUT2D eigenvalue weighted by atomic mass is 79.9. The van der Waals surface area contributed by atoms with E-state index in [1.807, 2.05) is 12.1 Å². The molecule has 0 saturated heterocycles. The second-order valence-electron chi connectivity index (χ2n) is 2.85. The van der Waals surface area contributed by atoms with E-state index in [0.29, 0.717) is 0 Å². The van der Waals surface area contributed by atoms with Crippen LogP contribution in [0.4, 0.5) is 0 Å². The molecule has 0 aliphatic heterocycles. The Morgan fingerprint density at radius 2 is 1.43 bits per heavy atom. The molecule has 2 heteroatoms. The molecule has 2 aromatic carbocycles. The molecule has 0 aromatic heterocycles. The Bertz CT molecular complexity index is 412. The Morgan fingerprint density at radius 3 is 2.14 bits per heavy atom. The third-order valence-electron chi connectivity index (χ3n) is 1.81. The predicted octanol–water partition coefficient (Wildman–Crippen LogP) is 4.60. The van der Waals surface area contributed by atoms with Crippen LogP contribution < -0.4 is 0 Å². The maximum Gasteiger partial charge on any atom is 0.0314 e. The molecule has 0 spiro atoms. The molecule has 0 atom stereocenters. The van der Waals surface area contributed by atoms with Gasteiger partial charge in [0.05, 0.1) is 0 Å². The fourth-order valence-corrected chi connectivity index (χ4v) is 2.53. The van der Waals surface area contributed by atoms with E-state index in [1.165, 1.54) is 9.79 Å². The summed E-state index contributed by atoms with van der Waals surface area (Å²) in [6, 6.07) is 18.6. The Kier molecular flexibility index (Phi) is 3.27. The molecule has 0 unspecified atom stereocenters. The minimum atomic E-state index is 1.15. The second-order valence-corrected chi connectivity index (χ2v) is 4.82. The molecule has 0 bridgehead atoms. The quantitative estimate of drug-likeness (QED) is 0.764. The standard InChI is InChI=1S/C12H9BrS/c13-11-8-4-5-9-12(11)14-10-6-2-1-3-7-10/h1-9H. The van der Waals surface area contributed by atoms with Gasteiger partial charge in [-0.2, -0.15) is 0 Å². The van der Waals surface area contributed by atoms with Gasteiger partial charge < -0.3 is 0 Å². The van der Waals surface area contributed by atoms with Gasteiger partial charge in [0.2, 0.25) is 0 Å². The number of rotatable bonds is 2. The first kappa shape index (κ1) is 9.81. The van der Waals surface area contributed by atoms with Crippen LogP contribution in [0.5, 0.6) is 0 Å². The lowest BCUT2D eigenvalue weighted by molar-refractivity contribution is 1.37. The maximum atomic E-state index is 3.53. The van der Waals surface area contributed by atoms with Crippen molar-refractivity contribution in [1.29, 1.82) is 0 Å². The molecule has 2 aromatic rings. The van der Waals surface area contributed by atoms with Crippen LogP contribution in [-0.2, 0) is 0 Å². The van der Waals surface area contributed by atoms with E-state index in [0.717, 1.165) is 4.47 Å². The monoisotopic (exact) mass is 264 g/mol. The molecule has 0 heterocycles.